The highest BCUT2D eigenvalue weighted by atomic mass is 35.5. The summed E-state index contributed by atoms with van der Waals surface area (Å²) >= 11 is 5.80. The molecule has 1 unspecified atom stereocenters. The van der Waals surface area contributed by atoms with Crippen LogP contribution in [0.1, 0.15) is 25.3 Å². The molecule has 3 heteroatoms. The van der Waals surface area contributed by atoms with E-state index in [9.17, 15) is 9.90 Å². The monoisotopic (exact) mass is 238 g/mol. The van der Waals surface area contributed by atoms with Gasteiger partial charge < -0.3 is 5.11 Å². The van der Waals surface area contributed by atoms with Crippen molar-refractivity contribution >= 4 is 17.6 Å². The van der Waals surface area contributed by atoms with Crippen LogP contribution in [-0.4, -0.2) is 11.1 Å². The largest absolute Gasteiger partial charge is 0.481 e. The van der Waals surface area contributed by atoms with Gasteiger partial charge in [0.05, 0.1) is 5.41 Å². The first-order chi connectivity index (χ1) is 7.52. The van der Waals surface area contributed by atoms with Gasteiger partial charge in [-0.3, -0.25) is 4.79 Å². The Labute approximate surface area is 100 Å². The molecule has 0 amide bonds. The number of aliphatic carboxylic acids is 1. The van der Waals surface area contributed by atoms with E-state index in [0.717, 1.165) is 18.4 Å². The Kier molecular flexibility index (Phi) is 2.94. The van der Waals surface area contributed by atoms with Crippen molar-refractivity contribution in [3.8, 4) is 0 Å². The van der Waals surface area contributed by atoms with E-state index in [1.807, 2.05) is 31.2 Å². The number of carboxylic acid groups (broad SMARTS) is 1. The summed E-state index contributed by atoms with van der Waals surface area (Å²) in [6, 6.07) is 7.44. The summed E-state index contributed by atoms with van der Waals surface area (Å²) in [6.07, 6.45) is 2.66. The Morgan fingerprint density at radius 3 is 2.44 bits per heavy atom. The van der Waals surface area contributed by atoms with Crippen LogP contribution < -0.4 is 0 Å². The molecule has 0 saturated heterocycles. The minimum atomic E-state index is -0.690. The van der Waals surface area contributed by atoms with Gasteiger partial charge in [-0.2, -0.15) is 0 Å². The molecule has 1 aliphatic rings. The lowest BCUT2D eigenvalue weighted by Crippen LogP contribution is -2.32. The van der Waals surface area contributed by atoms with Gasteiger partial charge in [0.15, 0.2) is 0 Å². The molecule has 0 bridgehead atoms. The average Bonchev–Trinajstić information content (AvgIpc) is 3.04. The van der Waals surface area contributed by atoms with Gasteiger partial charge in [-0.05, 0) is 49.8 Å². The predicted octanol–water partition coefficient (Wildman–Crippen LogP) is 3.38. The Morgan fingerprint density at radius 1 is 1.44 bits per heavy atom. The summed E-state index contributed by atoms with van der Waals surface area (Å²) in [7, 11) is 0. The molecule has 2 rings (SSSR count). The number of hydrogen-bond donors (Lipinski definition) is 1. The fourth-order valence-electron chi connectivity index (χ4n) is 2.14. The summed E-state index contributed by atoms with van der Waals surface area (Å²) in [4.78, 5) is 11.3. The normalized spacial score (nSPS) is 19.1. The standard InChI is InChI=1S/C13H15ClO2/c1-13(12(15)16,10-4-5-10)8-9-2-6-11(14)7-3-9/h2-3,6-7,10H,4-5,8H2,1H3,(H,15,16). The molecule has 2 nitrogen and oxygen atoms in total. The van der Waals surface area contributed by atoms with Crippen molar-refractivity contribution in [3.05, 3.63) is 34.9 Å². The number of halogens is 1. The van der Waals surface area contributed by atoms with Gasteiger partial charge in [0.25, 0.3) is 0 Å². The summed E-state index contributed by atoms with van der Waals surface area (Å²) in [6.45, 7) is 1.85. The molecule has 0 aliphatic heterocycles. The first-order valence-electron chi connectivity index (χ1n) is 5.50. The molecule has 1 fully saturated rings. The summed E-state index contributed by atoms with van der Waals surface area (Å²) in [5.74, 6) is -0.356. The third-order valence-corrected chi connectivity index (χ3v) is 3.70. The van der Waals surface area contributed by atoms with E-state index in [2.05, 4.69) is 0 Å². The number of rotatable bonds is 4. The van der Waals surface area contributed by atoms with Crippen molar-refractivity contribution in [1.29, 1.82) is 0 Å². The van der Waals surface area contributed by atoms with E-state index in [4.69, 9.17) is 11.6 Å². The lowest BCUT2D eigenvalue weighted by molar-refractivity contribution is -0.149. The smallest absolute Gasteiger partial charge is 0.309 e. The lowest BCUT2D eigenvalue weighted by Gasteiger charge is -2.24. The van der Waals surface area contributed by atoms with Crippen LogP contribution in [0, 0.1) is 11.3 Å². The van der Waals surface area contributed by atoms with Crippen molar-refractivity contribution in [2.75, 3.05) is 0 Å². The Balaban J connectivity index is 2.17. The van der Waals surface area contributed by atoms with Crippen molar-refractivity contribution in [3.63, 3.8) is 0 Å². The highest BCUT2D eigenvalue weighted by molar-refractivity contribution is 6.30. The van der Waals surface area contributed by atoms with E-state index in [0.29, 0.717) is 17.4 Å². The van der Waals surface area contributed by atoms with Gasteiger partial charge in [-0.15, -0.1) is 0 Å². The fourth-order valence-corrected chi connectivity index (χ4v) is 2.27. The maximum absolute atomic E-state index is 11.3. The summed E-state index contributed by atoms with van der Waals surface area (Å²) < 4.78 is 0. The van der Waals surface area contributed by atoms with Gasteiger partial charge in [0.2, 0.25) is 0 Å². The number of carbonyl (C=O) groups is 1. The van der Waals surface area contributed by atoms with Gasteiger partial charge in [-0.25, -0.2) is 0 Å². The van der Waals surface area contributed by atoms with Crippen molar-refractivity contribution in [2.24, 2.45) is 11.3 Å². The first kappa shape index (κ1) is 11.5. The molecule has 0 heterocycles. The van der Waals surface area contributed by atoms with Crippen LogP contribution in [0.5, 0.6) is 0 Å². The minimum Gasteiger partial charge on any atom is -0.481 e. The van der Waals surface area contributed by atoms with Crippen LogP contribution in [0.3, 0.4) is 0 Å². The molecule has 1 aliphatic carbocycles. The van der Waals surface area contributed by atoms with Crippen LogP contribution in [0.2, 0.25) is 5.02 Å². The lowest BCUT2D eigenvalue weighted by atomic mass is 9.79. The second-order valence-corrected chi connectivity index (χ2v) is 5.24. The number of carboxylic acids is 1. The molecule has 1 aromatic carbocycles. The maximum atomic E-state index is 11.3. The van der Waals surface area contributed by atoms with Gasteiger partial charge in [0.1, 0.15) is 0 Å². The molecular formula is C13H15ClO2. The SMILES string of the molecule is CC(Cc1ccc(Cl)cc1)(C(=O)O)C1CC1. The van der Waals surface area contributed by atoms with Crippen LogP contribution in [0.4, 0.5) is 0 Å². The highest BCUT2D eigenvalue weighted by Crippen LogP contribution is 2.47. The zero-order chi connectivity index (χ0) is 11.8. The van der Waals surface area contributed by atoms with Gasteiger partial charge in [0, 0.05) is 5.02 Å². The zero-order valence-electron chi connectivity index (χ0n) is 9.24. The van der Waals surface area contributed by atoms with Crippen LogP contribution in [0.15, 0.2) is 24.3 Å². The molecule has 1 saturated carbocycles. The second-order valence-electron chi connectivity index (χ2n) is 4.80. The molecule has 1 aromatic rings. The molecular weight excluding hydrogens is 224 g/mol. The molecule has 1 N–H and O–H groups in total. The Bertz CT molecular complexity index is 395. The zero-order valence-corrected chi connectivity index (χ0v) is 10.00. The number of benzene rings is 1. The molecule has 16 heavy (non-hydrogen) atoms. The average molecular weight is 239 g/mol. The van der Waals surface area contributed by atoms with E-state index in [1.54, 1.807) is 0 Å². The fraction of sp³-hybridized carbons (Fsp3) is 0.462. The van der Waals surface area contributed by atoms with Crippen LogP contribution >= 0.6 is 11.6 Å². The highest BCUT2D eigenvalue weighted by Gasteiger charge is 2.47. The predicted molar refractivity (Wildman–Crippen MR) is 63.6 cm³/mol. The summed E-state index contributed by atoms with van der Waals surface area (Å²) in [5.41, 5.74) is 0.426. The quantitative estimate of drug-likeness (QED) is 0.873. The van der Waals surface area contributed by atoms with Crippen LogP contribution in [0.25, 0.3) is 0 Å². The Morgan fingerprint density at radius 2 is 2.00 bits per heavy atom. The molecule has 0 radical (unpaired) electrons. The van der Waals surface area contributed by atoms with Crippen molar-refractivity contribution < 1.29 is 9.90 Å². The maximum Gasteiger partial charge on any atom is 0.309 e. The van der Waals surface area contributed by atoms with E-state index in [-0.39, 0.29) is 0 Å². The third-order valence-electron chi connectivity index (χ3n) is 3.45. The first-order valence-corrected chi connectivity index (χ1v) is 5.88. The van der Waals surface area contributed by atoms with Crippen LogP contribution in [-0.2, 0) is 11.2 Å². The van der Waals surface area contributed by atoms with Gasteiger partial charge in [-0.1, -0.05) is 23.7 Å². The minimum absolute atomic E-state index is 0.334. The van der Waals surface area contributed by atoms with E-state index in [1.165, 1.54) is 0 Å². The van der Waals surface area contributed by atoms with Gasteiger partial charge >= 0.3 is 5.97 Å². The van der Waals surface area contributed by atoms with Crippen molar-refractivity contribution in [1.82, 2.24) is 0 Å². The number of hydrogen-bond acceptors (Lipinski definition) is 1. The topological polar surface area (TPSA) is 37.3 Å². The Hall–Kier alpha value is -1.02. The van der Waals surface area contributed by atoms with E-state index < -0.39 is 11.4 Å². The molecule has 0 aromatic heterocycles. The molecule has 0 spiro atoms. The second kappa shape index (κ2) is 4.10. The van der Waals surface area contributed by atoms with Crippen molar-refractivity contribution in [2.45, 2.75) is 26.2 Å². The summed E-state index contributed by atoms with van der Waals surface area (Å²) in [5, 5.41) is 10.0. The molecule has 1 atom stereocenters. The third kappa shape index (κ3) is 2.22. The van der Waals surface area contributed by atoms with E-state index >= 15 is 0 Å². The molecule has 86 valence electrons.